The van der Waals surface area contributed by atoms with Gasteiger partial charge in [-0.05, 0) is 19.3 Å². The van der Waals surface area contributed by atoms with Crippen LogP contribution in [-0.4, -0.2) is 16.9 Å². The molecule has 0 saturated heterocycles. The van der Waals surface area contributed by atoms with Crippen LogP contribution in [0.2, 0.25) is 0 Å². The molecule has 0 bridgehead atoms. The highest BCUT2D eigenvalue weighted by Gasteiger charge is 2.01. The van der Waals surface area contributed by atoms with E-state index >= 15 is 0 Å². The highest BCUT2D eigenvalue weighted by atomic mass is 16.4. The lowest BCUT2D eigenvalue weighted by atomic mass is 10.0. The summed E-state index contributed by atoms with van der Waals surface area (Å²) in [7, 11) is 0. The Morgan fingerprint density at radius 2 is 0.840 bits per heavy atom. The van der Waals surface area contributed by atoms with Crippen molar-refractivity contribution in [2.45, 2.75) is 129 Å². The molecule has 0 heterocycles. The molecule has 0 unspecified atom stereocenters. The number of aliphatic carboxylic acids is 1. The Balaban J connectivity index is 3.11. The minimum Gasteiger partial charge on any atom is -0.481 e. The van der Waals surface area contributed by atoms with E-state index < -0.39 is 5.97 Å². The number of hydrogen-bond donors (Lipinski definition) is 1. The van der Waals surface area contributed by atoms with E-state index in [0.29, 0.717) is 12.2 Å². The first-order valence-electron chi connectivity index (χ1n) is 10.9. The van der Waals surface area contributed by atoms with Crippen LogP contribution in [0.25, 0.3) is 0 Å². The van der Waals surface area contributed by atoms with Crippen molar-refractivity contribution in [1.82, 2.24) is 0 Å². The van der Waals surface area contributed by atoms with Gasteiger partial charge < -0.3 is 5.11 Å². The third-order valence-electron chi connectivity index (χ3n) is 4.91. The summed E-state index contributed by atoms with van der Waals surface area (Å²) in [6.07, 6.45) is 21.2. The van der Waals surface area contributed by atoms with Gasteiger partial charge in [0, 0.05) is 19.3 Å². The van der Waals surface area contributed by atoms with Crippen LogP contribution in [0.1, 0.15) is 129 Å². The minimum absolute atomic E-state index is 0.324. The molecule has 3 nitrogen and oxygen atoms in total. The quantitative estimate of drug-likeness (QED) is 0.238. The molecule has 0 aliphatic carbocycles. The smallest absolute Gasteiger partial charge is 0.303 e. The molecule has 0 aliphatic heterocycles. The zero-order valence-corrected chi connectivity index (χ0v) is 16.7. The Labute approximate surface area is 156 Å². The fourth-order valence-electron chi connectivity index (χ4n) is 3.24. The second-order valence-electron chi connectivity index (χ2n) is 7.49. The Bertz CT molecular complexity index is 312. The summed E-state index contributed by atoms with van der Waals surface area (Å²) in [5, 5.41) is 8.55. The number of hydrogen-bond acceptors (Lipinski definition) is 2. The Kier molecular flexibility index (Phi) is 18.8. The molecule has 148 valence electrons. The van der Waals surface area contributed by atoms with Crippen LogP contribution in [0.15, 0.2) is 0 Å². The van der Waals surface area contributed by atoms with Gasteiger partial charge in [-0.3, -0.25) is 9.59 Å². The monoisotopic (exact) mass is 354 g/mol. The van der Waals surface area contributed by atoms with Gasteiger partial charge in [0.2, 0.25) is 0 Å². The number of carboxylic acids is 1. The van der Waals surface area contributed by atoms with Crippen molar-refractivity contribution in [3.63, 3.8) is 0 Å². The van der Waals surface area contributed by atoms with Gasteiger partial charge in [-0.25, -0.2) is 0 Å². The zero-order valence-electron chi connectivity index (χ0n) is 16.7. The molecule has 25 heavy (non-hydrogen) atoms. The third-order valence-corrected chi connectivity index (χ3v) is 4.91. The number of rotatable bonds is 20. The Morgan fingerprint density at radius 1 is 0.520 bits per heavy atom. The minimum atomic E-state index is -0.670. The topological polar surface area (TPSA) is 54.4 Å². The molecule has 0 aliphatic rings. The summed E-state index contributed by atoms with van der Waals surface area (Å²) >= 11 is 0. The molecule has 0 aromatic carbocycles. The number of ketones is 1. The van der Waals surface area contributed by atoms with Gasteiger partial charge in [0.05, 0.1) is 0 Å². The van der Waals surface area contributed by atoms with E-state index in [4.69, 9.17) is 5.11 Å². The fourth-order valence-corrected chi connectivity index (χ4v) is 3.24. The molecular weight excluding hydrogens is 312 g/mol. The van der Waals surface area contributed by atoms with Crippen LogP contribution in [0, 0.1) is 0 Å². The average molecular weight is 355 g/mol. The van der Waals surface area contributed by atoms with Crippen molar-refractivity contribution in [2.75, 3.05) is 0 Å². The molecule has 0 aromatic heterocycles. The van der Waals surface area contributed by atoms with Crippen LogP contribution in [-0.2, 0) is 9.59 Å². The third kappa shape index (κ3) is 21.1. The predicted molar refractivity (Wildman–Crippen MR) is 106 cm³/mol. The number of Topliss-reactive ketones (excluding diaryl/α,β-unsaturated/α-hetero) is 1. The molecule has 0 saturated carbocycles. The lowest BCUT2D eigenvalue weighted by Crippen LogP contribution is -1.97. The molecule has 3 heteroatoms. The summed E-state index contributed by atoms with van der Waals surface area (Å²) < 4.78 is 0. The maximum atomic E-state index is 11.7. The number of carbonyl (C=O) groups excluding carboxylic acids is 1. The lowest BCUT2D eigenvalue weighted by molar-refractivity contribution is -0.137. The van der Waals surface area contributed by atoms with Crippen molar-refractivity contribution in [1.29, 1.82) is 0 Å². The standard InChI is InChI=1S/C22H42O3/c1-2-3-4-15-18-21(23)19-16-13-11-9-7-5-6-8-10-12-14-17-20-22(24)25/h2-20H2,1H3,(H,24,25). The first kappa shape index (κ1) is 24.1. The highest BCUT2D eigenvalue weighted by molar-refractivity contribution is 5.78. The summed E-state index contributed by atoms with van der Waals surface area (Å²) in [4.78, 5) is 22.1. The average Bonchev–Trinajstić information content (AvgIpc) is 2.58. The zero-order chi connectivity index (χ0) is 18.6. The maximum Gasteiger partial charge on any atom is 0.303 e. The molecule has 0 atom stereocenters. The van der Waals surface area contributed by atoms with Gasteiger partial charge in [-0.2, -0.15) is 0 Å². The second kappa shape index (κ2) is 19.5. The summed E-state index contributed by atoms with van der Waals surface area (Å²) in [6.45, 7) is 2.20. The summed E-state index contributed by atoms with van der Waals surface area (Å²) in [6, 6.07) is 0. The van der Waals surface area contributed by atoms with Crippen molar-refractivity contribution in [3.8, 4) is 0 Å². The Morgan fingerprint density at radius 3 is 1.20 bits per heavy atom. The van der Waals surface area contributed by atoms with Crippen LogP contribution < -0.4 is 0 Å². The van der Waals surface area contributed by atoms with E-state index in [0.717, 1.165) is 38.5 Å². The Hall–Kier alpha value is -0.860. The van der Waals surface area contributed by atoms with Crippen molar-refractivity contribution in [2.24, 2.45) is 0 Å². The van der Waals surface area contributed by atoms with Crippen LogP contribution in [0.5, 0.6) is 0 Å². The molecule has 0 fully saturated rings. The van der Waals surface area contributed by atoms with Crippen molar-refractivity contribution < 1.29 is 14.7 Å². The number of carbonyl (C=O) groups is 2. The van der Waals surface area contributed by atoms with E-state index in [1.807, 2.05) is 0 Å². The molecule has 0 rings (SSSR count). The van der Waals surface area contributed by atoms with E-state index in [1.165, 1.54) is 77.0 Å². The van der Waals surface area contributed by atoms with Gasteiger partial charge in [0.1, 0.15) is 5.78 Å². The fraction of sp³-hybridized carbons (Fsp3) is 0.909. The van der Waals surface area contributed by atoms with Crippen LogP contribution in [0.4, 0.5) is 0 Å². The first-order valence-corrected chi connectivity index (χ1v) is 10.9. The van der Waals surface area contributed by atoms with Gasteiger partial charge in [-0.15, -0.1) is 0 Å². The van der Waals surface area contributed by atoms with Gasteiger partial charge >= 0.3 is 5.97 Å². The second-order valence-corrected chi connectivity index (χ2v) is 7.49. The van der Waals surface area contributed by atoms with Gasteiger partial charge in [0.15, 0.2) is 0 Å². The highest BCUT2D eigenvalue weighted by Crippen LogP contribution is 2.13. The maximum absolute atomic E-state index is 11.7. The van der Waals surface area contributed by atoms with Crippen LogP contribution in [0.3, 0.4) is 0 Å². The van der Waals surface area contributed by atoms with Crippen molar-refractivity contribution >= 4 is 11.8 Å². The van der Waals surface area contributed by atoms with E-state index in [2.05, 4.69) is 6.92 Å². The predicted octanol–water partition coefficient (Wildman–Crippen LogP) is 7.07. The van der Waals surface area contributed by atoms with E-state index in [9.17, 15) is 9.59 Å². The molecular formula is C22H42O3. The largest absolute Gasteiger partial charge is 0.481 e. The van der Waals surface area contributed by atoms with Crippen molar-refractivity contribution in [3.05, 3.63) is 0 Å². The van der Waals surface area contributed by atoms with Crippen LogP contribution >= 0.6 is 0 Å². The number of carboxylic acid groups (broad SMARTS) is 1. The van der Waals surface area contributed by atoms with Gasteiger partial charge in [0.25, 0.3) is 0 Å². The summed E-state index contributed by atoms with van der Waals surface area (Å²) in [5.74, 6) is -0.198. The molecule has 1 N–H and O–H groups in total. The lowest BCUT2D eigenvalue weighted by Gasteiger charge is -2.03. The molecule has 0 aromatic rings. The number of unbranched alkanes of at least 4 members (excludes halogenated alkanes) is 14. The first-order chi connectivity index (χ1) is 12.2. The molecule has 0 amide bonds. The van der Waals surface area contributed by atoms with Gasteiger partial charge in [-0.1, -0.05) is 90.4 Å². The van der Waals surface area contributed by atoms with E-state index in [1.54, 1.807) is 0 Å². The summed E-state index contributed by atoms with van der Waals surface area (Å²) in [5.41, 5.74) is 0. The SMILES string of the molecule is CCCCCCC(=O)CCCCCCCCCCCCCCC(=O)O. The van der Waals surface area contributed by atoms with E-state index in [-0.39, 0.29) is 0 Å². The molecule has 0 spiro atoms. The molecule has 0 radical (unpaired) electrons. The normalized spacial score (nSPS) is 10.9.